The number of halogens is 1. The van der Waals surface area contributed by atoms with Gasteiger partial charge in [0.1, 0.15) is 0 Å². The third-order valence-corrected chi connectivity index (χ3v) is 3.90. The Hall–Kier alpha value is -1.87. The van der Waals surface area contributed by atoms with Crippen molar-refractivity contribution in [2.24, 2.45) is 10.8 Å². The first-order chi connectivity index (χ1) is 12.4. The molecule has 0 aliphatic rings. The fraction of sp³-hybridized carbons (Fsp3) is 0.812. The standard InChI is InChI=1S/C16H31N7O3.ClH/c1-12(24)14(7-2-4-9-17)22-16(26)13(18)6-3-5-10-20-15(25)8-11-21-23-19;/h13-14H,2-11,17-18H2,1H3,(H,20,25)(H,22,26);1H. The fourth-order valence-electron chi connectivity index (χ4n) is 2.31. The Kier molecular flexibility index (Phi) is 17.8. The van der Waals surface area contributed by atoms with Gasteiger partial charge in [-0.25, -0.2) is 0 Å². The van der Waals surface area contributed by atoms with Crippen LogP contribution in [0.4, 0.5) is 0 Å². The molecule has 27 heavy (non-hydrogen) atoms. The Morgan fingerprint density at radius 3 is 2.44 bits per heavy atom. The zero-order valence-corrected chi connectivity index (χ0v) is 16.7. The molecule has 0 saturated heterocycles. The largest absolute Gasteiger partial charge is 1.00 e. The summed E-state index contributed by atoms with van der Waals surface area (Å²) < 4.78 is 0. The second-order valence-corrected chi connectivity index (χ2v) is 6.18. The summed E-state index contributed by atoms with van der Waals surface area (Å²) in [6.45, 7) is 2.88. The first-order valence-corrected chi connectivity index (χ1v) is 9.05. The average Bonchev–Trinajstić information content (AvgIpc) is 2.60. The molecule has 0 saturated carbocycles. The lowest BCUT2D eigenvalue weighted by molar-refractivity contribution is -0.368. The molecule has 0 spiro atoms. The van der Waals surface area contributed by atoms with E-state index in [1.165, 1.54) is 6.92 Å². The molecule has 0 aliphatic heterocycles. The van der Waals surface area contributed by atoms with Crippen molar-refractivity contribution >= 4 is 17.6 Å². The Labute approximate surface area is 166 Å². The zero-order chi connectivity index (χ0) is 19.8. The van der Waals surface area contributed by atoms with Crippen molar-refractivity contribution in [3.63, 3.8) is 0 Å². The van der Waals surface area contributed by atoms with Gasteiger partial charge >= 0.3 is 0 Å². The first kappa shape index (κ1) is 27.3. The van der Waals surface area contributed by atoms with E-state index >= 15 is 0 Å². The molecule has 2 amide bonds. The van der Waals surface area contributed by atoms with Crippen LogP contribution in [-0.4, -0.2) is 49.3 Å². The molecular formula is C16H32ClN7O3. The summed E-state index contributed by atoms with van der Waals surface area (Å²) in [6, 6.07) is -1.17. The molecule has 0 aromatic heterocycles. The van der Waals surface area contributed by atoms with Gasteiger partial charge in [0.05, 0.1) is 18.6 Å². The van der Waals surface area contributed by atoms with Crippen molar-refractivity contribution in [1.82, 2.24) is 10.6 Å². The van der Waals surface area contributed by atoms with Crippen LogP contribution in [0.5, 0.6) is 0 Å². The van der Waals surface area contributed by atoms with Crippen LogP contribution in [-0.2, 0) is 14.4 Å². The summed E-state index contributed by atoms with van der Waals surface area (Å²) in [6.07, 6.45) is 4.36. The predicted octanol–water partition coefficient (Wildman–Crippen LogP) is -3.21. The molecule has 0 fully saturated rings. The highest BCUT2D eigenvalue weighted by molar-refractivity contribution is 5.89. The quantitative estimate of drug-likeness (QED) is 0.0969. The minimum Gasteiger partial charge on any atom is -1.00 e. The van der Waals surface area contributed by atoms with Gasteiger partial charge in [-0.2, -0.15) is 0 Å². The number of hydrogen-bond donors (Lipinski definition) is 4. The van der Waals surface area contributed by atoms with Gasteiger partial charge in [-0.15, -0.1) is 0 Å². The molecule has 0 radical (unpaired) electrons. The molecule has 0 aliphatic carbocycles. The second kappa shape index (κ2) is 17.5. The van der Waals surface area contributed by atoms with Crippen molar-refractivity contribution in [1.29, 1.82) is 0 Å². The maximum absolute atomic E-state index is 12.1. The molecule has 11 heteroatoms. The highest BCUT2D eigenvalue weighted by Gasteiger charge is 2.20. The van der Waals surface area contributed by atoms with Crippen LogP contribution in [0.3, 0.4) is 0 Å². The topological polar surface area (TPSA) is 178 Å². The number of carbonyl (C=O) groups is 3. The van der Waals surface area contributed by atoms with Crippen molar-refractivity contribution in [3.05, 3.63) is 10.4 Å². The number of carbonyl (C=O) groups excluding carboxylic acids is 3. The van der Waals surface area contributed by atoms with E-state index in [9.17, 15) is 14.4 Å². The summed E-state index contributed by atoms with van der Waals surface area (Å²) >= 11 is 0. The van der Waals surface area contributed by atoms with Crippen LogP contribution < -0.4 is 34.5 Å². The Bertz CT molecular complexity index is 498. The number of nitrogens with zero attached hydrogens (tertiary/aromatic N) is 3. The monoisotopic (exact) mass is 405 g/mol. The van der Waals surface area contributed by atoms with E-state index in [0.29, 0.717) is 32.2 Å². The van der Waals surface area contributed by atoms with E-state index in [4.69, 9.17) is 11.3 Å². The summed E-state index contributed by atoms with van der Waals surface area (Å²) in [5.74, 6) is -0.567. The molecule has 0 rings (SSSR count). The van der Waals surface area contributed by atoms with Crippen molar-refractivity contribution in [3.8, 4) is 0 Å². The number of nitrogens with two attached hydrogens (primary N) is 1. The Morgan fingerprint density at radius 1 is 1.19 bits per heavy atom. The minimum absolute atomic E-state index is 0. The van der Waals surface area contributed by atoms with Crippen LogP contribution >= 0.6 is 0 Å². The maximum atomic E-state index is 12.1. The van der Waals surface area contributed by atoms with Gasteiger partial charge in [-0.3, -0.25) is 14.4 Å². The highest BCUT2D eigenvalue weighted by atomic mass is 35.5. The molecule has 0 aromatic carbocycles. The molecule has 0 heterocycles. The van der Waals surface area contributed by atoms with Crippen LogP contribution in [0.25, 0.3) is 10.4 Å². The van der Waals surface area contributed by atoms with E-state index in [1.807, 2.05) is 0 Å². The van der Waals surface area contributed by atoms with Gasteiger partial charge in [-0.05, 0) is 51.0 Å². The molecule has 10 nitrogen and oxygen atoms in total. The Balaban J connectivity index is 0. The summed E-state index contributed by atoms with van der Waals surface area (Å²) in [7, 11) is 0. The number of hydrogen-bond acceptors (Lipinski definition) is 5. The highest BCUT2D eigenvalue weighted by Crippen LogP contribution is 2.04. The van der Waals surface area contributed by atoms with Gasteiger partial charge in [-0.1, -0.05) is 5.11 Å². The van der Waals surface area contributed by atoms with E-state index in [2.05, 4.69) is 26.4 Å². The van der Waals surface area contributed by atoms with Gasteiger partial charge in [0.25, 0.3) is 0 Å². The summed E-state index contributed by atoms with van der Waals surface area (Å²) in [5, 5.41) is 8.72. The van der Waals surface area contributed by atoms with Gasteiger partial charge in [0, 0.05) is 24.4 Å². The number of unbranched alkanes of at least 4 members (excludes halogenated alkanes) is 2. The maximum Gasteiger partial charge on any atom is 0.237 e. The number of quaternary nitrogens is 1. The summed E-state index contributed by atoms with van der Waals surface area (Å²) in [5.41, 5.74) is 17.8. The third kappa shape index (κ3) is 14.9. The van der Waals surface area contributed by atoms with Gasteiger partial charge in [0.15, 0.2) is 5.78 Å². The SMILES string of the molecule is CC(=O)C(CCCC[NH3+])NC(=O)C(N)CCCCNC(=O)CCN=[N+]=[N-].[Cl-]. The minimum atomic E-state index is -0.676. The van der Waals surface area contributed by atoms with Crippen molar-refractivity contribution < 1.29 is 32.5 Å². The van der Waals surface area contributed by atoms with Crippen molar-refractivity contribution in [2.75, 3.05) is 19.6 Å². The fourth-order valence-corrected chi connectivity index (χ4v) is 2.31. The van der Waals surface area contributed by atoms with Crippen LogP contribution in [0.2, 0.25) is 0 Å². The van der Waals surface area contributed by atoms with Gasteiger partial charge in [0.2, 0.25) is 11.8 Å². The number of rotatable bonds is 15. The number of Topliss-reactive ketones (excluding diaryl/α,β-unsaturated/α-hetero) is 1. The molecule has 2 unspecified atom stereocenters. The number of amides is 2. The lowest BCUT2D eigenvalue weighted by atomic mass is 10.0. The van der Waals surface area contributed by atoms with E-state index in [-0.39, 0.29) is 43.0 Å². The number of nitrogens with one attached hydrogen (secondary N) is 2. The first-order valence-electron chi connectivity index (χ1n) is 9.05. The van der Waals surface area contributed by atoms with Crippen LogP contribution in [0.1, 0.15) is 51.9 Å². The zero-order valence-electron chi connectivity index (χ0n) is 16.0. The molecule has 0 aromatic rings. The van der Waals surface area contributed by atoms with E-state index in [0.717, 1.165) is 19.4 Å². The molecule has 156 valence electrons. The third-order valence-electron chi connectivity index (χ3n) is 3.90. The normalized spacial score (nSPS) is 12.1. The summed E-state index contributed by atoms with van der Waals surface area (Å²) in [4.78, 5) is 37.7. The van der Waals surface area contributed by atoms with E-state index in [1.54, 1.807) is 0 Å². The number of azide groups is 1. The Morgan fingerprint density at radius 2 is 1.85 bits per heavy atom. The molecular weight excluding hydrogens is 374 g/mol. The molecule has 7 N–H and O–H groups in total. The van der Waals surface area contributed by atoms with Crippen LogP contribution in [0, 0.1) is 0 Å². The van der Waals surface area contributed by atoms with Crippen molar-refractivity contribution in [2.45, 2.75) is 64.0 Å². The predicted molar refractivity (Wildman–Crippen MR) is 97.7 cm³/mol. The number of ketones is 1. The lowest BCUT2D eigenvalue weighted by Gasteiger charge is -2.18. The van der Waals surface area contributed by atoms with E-state index < -0.39 is 12.1 Å². The van der Waals surface area contributed by atoms with Crippen LogP contribution in [0.15, 0.2) is 5.11 Å². The van der Waals surface area contributed by atoms with Gasteiger partial charge < -0.3 is 34.5 Å². The second-order valence-electron chi connectivity index (χ2n) is 6.18. The molecule has 0 bridgehead atoms. The average molecular weight is 406 g/mol. The molecule has 2 atom stereocenters. The lowest BCUT2D eigenvalue weighted by Crippen LogP contribution is -3.00. The smallest absolute Gasteiger partial charge is 0.237 e.